The quantitative estimate of drug-likeness (QED) is 0.302. The van der Waals surface area contributed by atoms with E-state index in [9.17, 15) is 30.1 Å². The number of hydrogen-bond donors (Lipinski definition) is 1. The van der Waals surface area contributed by atoms with E-state index in [0.29, 0.717) is 6.42 Å². The molecule has 0 unspecified atom stereocenters. The predicted octanol–water partition coefficient (Wildman–Crippen LogP) is 2.63. The van der Waals surface area contributed by atoms with Gasteiger partial charge in [0.05, 0.1) is 28.1 Å². The van der Waals surface area contributed by atoms with E-state index in [4.69, 9.17) is 23.2 Å². The van der Waals surface area contributed by atoms with Gasteiger partial charge >= 0.3 is 0 Å². The highest BCUT2D eigenvalue weighted by Crippen LogP contribution is 2.37. The summed E-state index contributed by atoms with van der Waals surface area (Å²) in [6.07, 6.45) is 0.575. The van der Waals surface area contributed by atoms with Crippen LogP contribution in [0.15, 0.2) is 12.1 Å². The summed E-state index contributed by atoms with van der Waals surface area (Å²) in [5.41, 5.74) is -1.41. The summed E-state index contributed by atoms with van der Waals surface area (Å²) in [6.45, 7) is 2.09. The zero-order valence-corrected chi connectivity index (χ0v) is 16.9. The zero-order chi connectivity index (χ0) is 21.3. The van der Waals surface area contributed by atoms with Gasteiger partial charge in [0.15, 0.2) is 0 Å². The number of rotatable bonds is 12. The normalized spacial score (nSPS) is 10.6. The first-order valence-electron chi connectivity index (χ1n) is 8.56. The largest absolute Gasteiger partial charge is 0.395 e. The number of hydrogen-bond acceptors (Lipinski definition) is 7. The summed E-state index contributed by atoms with van der Waals surface area (Å²) in [5.74, 6) is -0.436. The van der Waals surface area contributed by atoms with Gasteiger partial charge in [-0.3, -0.25) is 25.0 Å². The van der Waals surface area contributed by atoms with Gasteiger partial charge in [-0.2, -0.15) is 0 Å². The fraction of sp³-hybridized carbons (Fsp3) is 0.562. The Labute approximate surface area is 171 Å². The number of benzene rings is 1. The van der Waals surface area contributed by atoms with Crippen molar-refractivity contribution in [3.63, 3.8) is 0 Å². The monoisotopic (exact) mass is 436 g/mol. The molecule has 0 atom stereocenters. The maximum Gasteiger partial charge on any atom is 0.300 e. The third-order valence-electron chi connectivity index (χ3n) is 3.89. The van der Waals surface area contributed by atoms with Crippen molar-refractivity contribution in [2.45, 2.75) is 13.3 Å². The molecule has 1 amide bonds. The van der Waals surface area contributed by atoms with Crippen molar-refractivity contribution < 1.29 is 19.7 Å². The van der Waals surface area contributed by atoms with Crippen LogP contribution in [-0.2, 0) is 0 Å². The van der Waals surface area contributed by atoms with E-state index in [2.05, 4.69) is 0 Å². The molecule has 0 spiro atoms. The Kier molecular flexibility index (Phi) is 9.91. The number of nitro benzene ring substituents is 2. The number of nitrogens with zero attached hydrogens (tertiary/aromatic N) is 4. The summed E-state index contributed by atoms with van der Waals surface area (Å²) < 4.78 is 0. The van der Waals surface area contributed by atoms with Gasteiger partial charge in [0, 0.05) is 44.0 Å². The fourth-order valence-electron chi connectivity index (χ4n) is 2.76. The summed E-state index contributed by atoms with van der Waals surface area (Å²) in [4.78, 5) is 37.2. The van der Waals surface area contributed by atoms with E-state index in [1.807, 2.05) is 6.92 Å². The standard InChI is InChI=1S/C16H22Cl2N4O6/c1-2-5-20(8-9-23)16(24)13-10-12(21(25)26)11-14(22(27)28)15(13)19(6-3-17)7-4-18/h10-11,23H,2-9H2,1H3. The molecule has 0 radical (unpaired) electrons. The van der Waals surface area contributed by atoms with Gasteiger partial charge < -0.3 is 14.9 Å². The highest BCUT2D eigenvalue weighted by molar-refractivity contribution is 6.18. The fourth-order valence-corrected chi connectivity index (χ4v) is 3.17. The maximum absolute atomic E-state index is 13.1. The molecule has 0 saturated heterocycles. The topological polar surface area (TPSA) is 130 Å². The summed E-state index contributed by atoms with van der Waals surface area (Å²) in [5, 5.41) is 32.1. The van der Waals surface area contributed by atoms with E-state index >= 15 is 0 Å². The van der Waals surface area contributed by atoms with Gasteiger partial charge in [-0.25, -0.2) is 0 Å². The van der Waals surface area contributed by atoms with Crippen LogP contribution >= 0.6 is 23.2 Å². The van der Waals surface area contributed by atoms with Crippen LogP contribution in [0, 0.1) is 20.2 Å². The number of amides is 1. The molecule has 1 aromatic rings. The second-order valence-corrected chi connectivity index (χ2v) is 6.51. The van der Waals surface area contributed by atoms with Gasteiger partial charge in [-0.05, 0) is 6.42 Å². The molecule has 10 nitrogen and oxygen atoms in total. The lowest BCUT2D eigenvalue weighted by Crippen LogP contribution is -2.37. The van der Waals surface area contributed by atoms with Crippen LogP contribution in [0.5, 0.6) is 0 Å². The van der Waals surface area contributed by atoms with Crippen molar-refractivity contribution in [3.8, 4) is 0 Å². The second-order valence-electron chi connectivity index (χ2n) is 5.76. The zero-order valence-electron chi connectivity index (χ0n) is 15.3. The Morgan fingerprint density at radius 1 is 1.07 bits per heavy atom. The first-order valence-corrected chi connectivity index (χ1v) is 9.63. The van der Waals surface area contributed by atoms with E-state index < -0.39 is 27.1 Å². The Morgan fingerprint density at radius 2 is 1.68 bits per heavy atom. The van der Waals surface area contributed by atoms with E-state index in [1.54, 1.807) is 0 Å². The Balaban J connectivity index is 3.74. The SMILES string of the molecule is CCCN(CCO)C(=O)c1cc([N+](=O)[O-])cc([N+](=O)[O-])c1N(CCCl)CCCl. The van der Waals surface area contributed by atoms with Crippen LogP contribution in [0.1, 0.15) is 23.7 Å². The molecule has 0 aromatic heterocycles. The lowest BCUT2D eigenvalue weighted by atomic mass is 10.1. The predicted molar refractivity (Wildman–Crippen MR) is 107 cm³/mol. The number of halogens is 2. The summed E-state index contributed by atoms with van der Waals surface area (Å²) >= 11 is 11.6. The van der Waals surface area contributed by atoms with Crippen LogP contribution < -0.4 is 4.90 Å². The highest BCUT2D eigenvalue weighted by atomic mass is 35.5. The van der Waals surface area contributed by atoms with Crippen LogP contribution in [-0.4, -0.2) is 70.3 Å². The van der Waals surface area contributed by atoms with Crippen LogP contribution in [0.2, 0.25) is 0 Å². The van der Waals surface area contributed by atoms with E-state index in [0.717, 1.165) is 12.1 Å². The molecule has 0 aliphatic rings. The van der Waals surface area contributed by atoms with Crippen LogP contribution in [0.4, 0.5) is 17.1 Å². The van der Waals surface area contributed by atoms with Crippen molar-refractivity contribution in [3.05, 3.63) is 37.9 Å². The minimum atomic E-state index is -0.794. The third-order valence-corrected chi connectivity index (χ3v) is 4.23. The number of carbonyl (C=O) groups excluding carboxylic acids is 1. The number of anilines is 1. The minimum absolute atomic E-state index is 0.00633. The third kappa shape index (κ3) is 5.91. The molecule has 0 saturated carbocycles. The average Bonchev–Trinajstić information content (AvgIpc) is 2.65. The Morgan fingerprint density at radius 3 is 2.11 bits per heavy atom. The lowest BCUT2D eigenvalue weighted by molar-refractivity contribution is -0.393. The molecule has 0 fully saturated rings. The molecule has 28 heavy (non-hydrogen) atoms. The first kappa shape index (κ1) is 23.9. The number of alkyl halides is 2. The highest BCUT2D eigenvalue weighted by Gasteiger charge is 2.32. The number of non-ortho nitro benzene ring substituents is 1. The lowest BCUT2D eigenvalue weighted by Gasteiger charge is -2.27. The van der Waals surface area contributed by atoms with Gasteiger partial charge in [0.1, 0.15) is 5.69 Å². The minimum Gasteiger partial charge on any atom is -0.395 e. The van der Waals surface area contributed by atoms with Crippen LogP contribution in [0.3, 0.4) is 0 Å². The molecule has 0 heterocycles. The Hall–Kier alpha value is -2.17. The van der Waals surface area contributed by atoms with Crippen molar-refractivity contribution in [1.29, 1.82) is 0 Å². The summed E-state index contributed by atoms with van der Waals surface area (Å²) in [7, 11) is 0. The van der Waals surface area contributed by atoms with Crippen molar-refractivity contribution in [2.24, 2.45) is 0 Å². The molecule has 1 N–H and O–H groups in total. The molecule has 1 rings (SSSR count). The van der Waals surface area contributed by atoms with Crippen molar-refractivity contribution >= 4 is 46.2 Å². The van der Waals surface area contributed by atoms with E-state index in [-0.39, 0.29) is 55.8 Å². The molecule has 0 bridgehead atoms. The maximum atomic E-state index is 13.1. The van der Waals surface area contributed by atoms with Crippen LogP contribution in [0.25, 0.3) is 0 Å². The smallest absolute Gasteiger partial charge is 0.300 e. The second kappa shape index (κ2) is 11.6. The van der Waals surface area contributed by atoms with E-state index in [1.165, 1.54) is 9.80 Å². The molecule has 12 heteroatoms. The molecular formula is C16H22Cl2N4O6. The number of aliphatic hydroxyl groups is 1. The number of aliphatic hydroxyl groups excluding tert-OH is 1. The first-order chi connectivity index (χ1) is 13.3. The number of carbonyl (C=O) groups is 1. The van der Waals surface area contributed by atoms with Crippen molar-refractivity contribution in [2.75, 3.05) is 49.4 Å². The van der Waals surface area contributed by atoms with Gasteiger partial charge in [-0.15, -0.1) is 23.2 Å². The van der Waals surface area contributed by atoms with Gasteiger partial charge in [0.25, 0.3) is 17.3 Å². The van der Waals surface area contributed by atoms with Gasteiger partial charge in [-0.1, -0.05) is 6.92 Å². The molecule has 0 aliphatic carbocycles. The summed E-state index contributed by atoms with van der Waals surface area (Å²) in [6, 6.07) is 1.83. The Bertz CT molecular complexity index is 707. The van der Waals surface area contributed by atoms with Crippen molar-refractivity contribution in [1.82, 2.24) is 4.90 Å². The average molecular weight is 437 g/mol. The molecular weight excluding hydrogens is 415 g/mol. The van der Waals surface area contributed by atoms with Gasteiger partial charge in [0.2, 0.25) is 0 Å². The number of nitro groups is 2. The molecule has 1 aromatic carbocycles. The molecule has 156 valence electrons. The molecule has 0 aliphatic heterocycles.